The quantitative estimate of drug-likeness (QED) is 0.665. The number of benzene rings is 2. The average Bonchev–Trinajstić information content (AvgIpc) is 2.59. The van der Waals surface area contributed by atoms with E-state index in [1.54, 1.807) is 24.3 Å². The zero-order valence-electron chi connectivity index (χ0n) is 17.4. The van der Waals surface area contributed by atoms with E-state index in [1.165, 1.54) is 0 Å². The van der Waals surface area contributed by atoms with Crippen LogP contribution in [0.2, 0.25) is 5.02 Å². The van der Waals surface area contributed by atoms with E-state index in [9.17, 15) is 9.59 Å². The Morgan fingerprint density at radius 3 is 1.96 bits per heavy atom. The third kappa shape index (κ3) is 5.83. The topological polar surface area (TPSA) is 55.4 Å². The molecule has 0 bridgehead atoms. The van der Waals surface area contributed by atoms with Crippen molar-refractivity contribution in [3.05, 3.63) is 64.2 Å². The summed E-state index contributed by atoms with van der Waals surface area (Å²) in [6, 6.07) is 12.7. The molecular formula is C23H28ClNO3. The molecule has 2 aromatic carbocycles. The third-order valence-electron chi connectivity index (χ3n) is 4.38. The Kier molecular flexibility index (Phi) is 6.56. The van der Waals surface area contributed by atoms with Crippen molar-refractivity contribution in [3.63, 3.8) is 0 Å². The lowest BCUT2D eigenvalue weighted by molar-refractivity contribution is -0.119. The Hall–Kier alpha value is -2.33. The normalized spacial score (nSPS) is 11.8. The minimum atomic E-state index is -0.522. The predicted molar refractivity (Wildman–Crippen MR) is 114 cm³/mol. The Morgan fingerprint density at radius 2 is 1.46 bits per heavy atom. The van der Waals surface area contributed by atoms with Gasteiger partial charge in [-0.15, -0.1) is 0 Å². The van der Waals surface area contributed by atoms with Crippen molar-refractivity contribution in [2.75, 3.05) is 11.9 Å². The van der Waals surface area contributed by atoms with Crippen LogP contribution in [0, 0.1) is 0 Å². The average molecular weight is 402 g/mol. The van der Waals surface area contributed by atoms with Gasteiger partial charge in [0.05, 0.1) is 16.3 Å². The van der Waals surface area contributed by atoms with Crippen LogP contribution >= 0.6 is 11.6 Å². The minimum absolute atomic E-state index is 0.113. The largest absolute Gasteiger partial charge is 0.452 e. The third-order valence-corrected chi connectivity index (χ3v) is 4.71. The van der Waals surface area contributed by atoms with E-state index in [-0.39, 0.29) is 17.4 Å². The molecule has 0 heterocycles. The van der Waals surface area contributed by atoms with E-state index in [2.05, 4.69) is 52.9 Å². The van der Waals surface area contributed by atoms with Gasteiger partial charge in [0.15, 0.2) is 6.61 Å². The van der Waals surface area contributed by atoms with Gasteiger partial charge in [0, 0.05) is 0 Å². The maximum absolute atomic E-state index is 12.6. The van der Waals surface area contributed by atoms with Crippen LogP contribution in [0.1, 0.15) is 63.0 Å². The number of para-hydroxylation sites is 1. The van der Waals surface area contributed by atoms with Crippen molar-refractivity contribution in [3.8, 4) is 0 Å². The Labute approximate surface area is 172 Å². The van der Waals surface area contributed by atoms with Gasteiger partial charge in [0.1, 0.15) is 0 Å². The number of rotatable bonds is 4. The highest BCUT2D eigenvalue weighted by Crippen LogP contribution is 2.30. The highest BCUT2D eigenvalue weighted by Gasteiger charge is 2.23. The number of carbonyl (C=O) groups is 2. The van der Waals surface area contributed by atoms with Gasteiger partial charge < -0.3 is 10.1 Å². The lowest BCUT2D eigenvalue weighted by Crippen LogP contribution is -2.22. The number of halogens is 1. The number of carbonyl (C=O) groups excluding carboxylic acids is 2. The zero-order chi connectivity index (χ0) is 21.1. The number of nitrogens with one attached hydrogen (secondary N) is 1. The van der Waals surface area contributed by atoms with E-state index < -0.39 is 11.9 Å². The Morgan fingerprint density at radius 1 is 0.929 bits per heavy atom. The monoisotopic (exact) mass is 401 g/mol. The molecule has 150 valence electrons. The molecule has 1 N–H and O–H groups in total. The molecule has 1 amide bonds. The van der Waals surface area contributed by atoms with Crippen molar-refractivity contribution >= 4 is 29.2 Å². The first kappa shape index (κ1) is 22.0. The van der Waals surface area contributed by atoms with Crippen LogP contribution in [-0.2, 0) is 20.4 Å². The summed E-state index contributed by atoms with van der Waals surface area (Å²) in [6.07, 6.45) is 0. The van der Waals surface area contributed by atoms with Crippen molar-refractivity contribution < 1.29 is 14.3 Å². The number of ether oxygens (including phenoxy) is 1. The summed E-state index contributed by atoms with van der Waals surface area (Å²) in [5.74, 6) is -0.963. The van der Waals surface area contributed by atoms with Gasteiger partial charge in [-0.2, -0.15) is 0 Å². The SMILES string of the molecule is CC(C)(C)c1cc(C(=O)OCC(=O)Nc2ccccc2Cl)cc(C(C)(C)C)c1. The molecule has 5 heteroatoms. The molecule has 0 fully saturated rings. The van der Waals surface area contributed by atoms with Gasteiger partial charge in [-0.3, -0.25) is 4.79 Å². The molecule has 28 heavy (non-hydrogen) atoms. The van der Waals surface area contributed by atoms with Gasteiger partial charge in [-0.1, -0.05) is 71.3 Å². The summed E-state index contributed by atoms with van der Waals surface area (Å²) in [5.41, 5.74) is 2.80. The zero-order valence-corrected chi connectivity index (χ0v) is 18.1. The highest BCUT2D eigenvalue weighted by molar-refractivity contribution is 6.33. The van der Waals surface area contributed by atoms with Crippen molar-refractivity contribution in [2.24, 2.45) is 0 Å². The molecule has 0 aliphatic rings. The van der Waals surface area contributed by atoms with E-state index in [1.807, 2.05) is 12.1 Å². The fraction of sp³-hybridized carbons (Fsp3) is 0.391. The maximum atomic E-state index is 12.6. The van der Waals surface area contributed by atoms with Gasteiger partial charge in [-0.05, 0) is 46.2 Å². The molecule has 2 rings (SSSR count). The van der Waals surface area contributed by atoms with Crippen LogP contribution < -0.4 is 5.32 Å². The minimum Gasteiger partial charge on any atom is -0.452 e. The molecule has 0 saturated heterocycles. The van der Waals surface area contributed by atoms with Crippen molar-refractivity contribution in [1.29, 1.82) is 0 Å². The molecule has 0 aromatic heterocycles. The molecule has 0 radical (unpaired) electrons. The van der Waals surface area contributed by atoms with Crippen LogP contribution in [0.3, 0.4) is 0 Å². The molecule has 0 aliphatic heterocycles. The molecule has 2 aromatic rings. The fourth-order valence-corrected chi connectivity index (χ4v) is 2.76. The number of amides is 1. The maximum Gasteiger partial charge on any atom is 0.338 e. The van der Waals surface area contributed by atoms with Crippen LogP contribution in [0.25, 0.3) is 0 Å². The van der Waals surface area contributed by atoms with E-state index >= 15 is 0 Å². The van der Waals surface area contributed by atoms with Crippen LogP contribution in [0.5, 0.6) is 0 Å². The molecule has 0 unspecified atom stereocenters. The first-order valence-electron chi connectivity index (χ1n) is 9.25. The summed E-state index contributed by atoms with van der Waals surface area (Å²) in [6.45, 7) is 12.2. The molecule has 0 aliphatic carbocycles. The number of hydrogen-bond acceptors (Lipinski definition) is 3. The Balaban J connectivity index is 2.15. The second-order valence-electron chi connectivity index (χ2n) is 8.90. The number of esters is 1. The van der Waals surface area contributed by atoms with E-state index in [0.717, 1.165) is 11.1 Å². The molecule has 0 spiro atoms. The molecule has 0 atom stereocenters. The Bertz CT molecular complexity index is 844. The summed E-state index contributed by atoms with van der Waals surface area (Å²) in [4.78, 5) is 24.7. The summed E-state index contributed by atoms with van der Waals surface area (Å²) < 4.78 is 5.24. The van der Waals surface area contributed by atoms with Gasteiger partial charge in [0.2, 0.25) is 0 Å². The lowest BCUT2D eigenvalue weighted by atomic mass is 9.79. The second kappa shape index (κ2) is 8.36. The van der Waals surface area contributed by atoms with Gasteiger partial charge in [-0.25, -0.2) is 4.79 Å². The van der Waals surface area contributed by atoms with Crippen molar-refractivity contribution in [2.45, 2.75) is 52.4 Å². The summed E-state index contributed by atoms with van der Waals surface area (Å²) in [5, 5.41) is 3.07. The first-order valence-corrected chi connectivity index (χ1v) is 9.63. The van der Waals surface area contributed by atoms with Crippen LogP contribution in [0.15, 0.2) is 42.5 Å². The molecular weight excluding hydrogens is 374 g/mol. The van der Waals surface area contributed by atoms with Gasteiger partial charge in [0.25, 0.3) is 5.91 Å². The summed E-state index contributed by atoms with van der Waals surface area (Å²) in [7, 11) is 0. The van der Waals surface area contributed by atoms with E-state index in [4.69, 9.17) is 16.3 Å². The van der Waals surface area contributed by atoms with Gasteiger partial charge >= 0.3 is 5.97 Å². The standard InChI is InChI=1S/C23H28ClNO3/c1-22(2,3)16-11-15(12-17(13-16)23(4,5)6)21(27)28-14-20(26)25-19-10-8-7-9-18(19)24/h7-13H,14H2,1-6H3,(H,25,26). The number of hydrogen-bond donors (Lipinski definition) is 1. The first-order chi connectivity index (χ1) is 12.9. The molecule has 0 saturated carbocycles. The smallest absolute Gasteiger partial charge is 0.338 e. The number of anilines is 1. The predicted octanol–water partition coefficient (Wildman–Crippen LogP) is 5.73. The summed E-state index contributed by atoms with van der Waals surface area (Å²) >= 11 is 6.02. The molecule has 4 nitrogen and oxygen atoms in total. The lowest BCUT2D eigenvalue weighted by Gasteiger charge is -2.25. The van der Waals surface area contributed by atoms with Crippen LogP contribution in [-0.4, -0.2) is 18.5 Å². The highest BCUT2D eigenvalue weighted by atomic mass is 35.5. The fourth-order valence-electron chi connectivity index (χ4n) is 2.57. The van der Waals surface area contributed by atoms with Crippen LogP contribution in [0.4, 0.5) is 5.69 Å². The van der Waals surface area contributed by atoms with E-state index in [0.29, 0.717) is 16.3 Å². The second-order valence-corrected chi connectivity index (χ2v) is 9.31. The van der Waals surface area contributed by atoms with Crippen molar-refractivity contribution in [1.82, 2.24) is 0 Å².